The Morgan fingerprint density at radius 1 is 0.614 bits per heavy atom. The molecular weight excluding hydrogens is 573 g/mol. The smallest absolute Gasteiger partial charge is 0.126 e. The first-order chi connectivity index (χ1) is 21.4. The molecule has 0 aliphatic rings. The molecule has 2 aromatic heterocycles. The molecule has 0 amide bonds. The first-order valence-corrected chi connectivity index (χ1v) is 16.5. The van der Waals surface area contributed by atoms with Crippen LogP contribution < -0.4 is 0 Å². The second-order valence-electron chi connectivity index (χ2n) is 12.3. The first-order valence-electron chi connectivity index (χ1n) is 14.9. The van der Waals surface area contributed by atoms with Gasteiger partial charge in [0.05, 0.1) is 15.9 Å². The van der Waals surface area contributed by atoms with Gasteiger partial charge in [-0.05, 0) is 52.1 Å². The zero-order chi connectivity index (χ0) is 29.8. The maximum atomic E-state index is 5.36. The first kappa shape index (κ1) is 26.9. The van der Waals surface area contributed by atoms with Gasteiger partial charge in [0.25, 0.3) is 0 Å². The molecule has 0 aliphatic heterocycles. The van der Waals surface area contributed by atoms with E-state index in [2.05, 4.69) is 142 Å². The van der Waals surface area contributed by atoms with Gasteiger partial charge in [0.1, 0.15) is 5.01 Å². The van der Waals surface area contributed by atoms with Gasteiger partial charge >= 0.3 is 0 Å². The minimum absolute atomic E-state index is 0.00180. The molecule has 0 saturated carbocycles. The fourth-order valence-electron chi connectivity index (χ4n) is 6.01. The lowest BCUT2D eigenvalue weighted by Crippen LogP contribution is -2.11. The van der Waals surface area contributed by atoms with Crippen LogP contribution in [0.2, 0.25) is 0 Å². The van der Waals surface area contributed by atoms with Gasteiger partial charge in [0, 0.05) is 48.6 Å². The summed E-state index contributed by atoms with van der Waals surface area (Å²) in [6.45, 7) is 6.87. The Kier molecular flexibility index (Phi) is 6.44. The summed E-state index contributed by atoms with van der Waals surface area (Å²) in [5.41, 5.74) is 7.89. The topological polar surface area (TPSA) is 25.2 Å². The standard InChI is InChI=1S/C40H30N2S2/c1-40(2,3)27-22-33(31-19-11-18-30-29-16-7-9-21-35(29)43-38(30)31)37-36(23-27)44-39(42-37)32-17-6-8-20-34(32)41-24-26-14-10-13-25-12-4-5-15-28(25)26/h4-24H,1-3H3. The molecule has 0 saturated heterocycles. The van der Waals surface area contributed by atoms with E-state index in [1.54, 1.807) is 11.3 Å². The summed E-state index contributed by atoms with van der Waals surface area (Å²) >= 11 is 3.63. The zero-order valence-electron chi connectivity index (χ0n) is 24.8. The fraction of sp³-hybridized carbons (Fsp3) is 0.100. The normalized spacial score (nSPS) is 12.3. The molecule has 0 fully saturated rings. The molecule has 0 spiro atoms. The highest BCUT2D eigenvalue weighted by Crippen LogP contribution is 2.45. The number of hydrogen-bond acceptors (Lipinski definition) is 4. The molecule has 8 aromatic rings. The van der Waals surface area contributed by atoms with Crippen LogP contribution in [-0.4, -0.2) is 11.2 Å². The Morgan fingerprint density at radius 3 is 2.20 bits per heavy atom. The van der Waals surface area contributed by atoms with Crippen LogP contribution in [0, 0.1) is 0 Å². The van der Waals surface area contributed by atoms with E-state index < -0.39 is 0 Å². The van der Waals surface area contributed by atoms with Crippen molar-refractivity contribution < 1.29 is 0 Å². The van der Waals surface area contributed by atoms with Crippen molar-refractivity contribution in [2.45, 2.75) is 26.2 Å². The van der Waals surface area contributed by atoms with Crippen LogP contribution in [0.3, 0.4) is 0 Å². The third-order valence-corrected chi connectivity index (χ3v) is 10.6. The van der Waals surface area contributed by atoms with Crippen molar-refractivity contribution in [3.8, 4) is 21.7 Å². The summed E-state index contributed by atoms with van der Waals surface area (Å²) in [5, 5.41) is 6.02. The van der Waals surface area contributed by atoms with Gasteiger partial charge in [-0.2, -0.15) is 0 Å². The lowest BCUT2D eigenvalue weighted by molar-refractivity contribution is 0.591. The fourth-order valence-corrected chi connectivity index (χ4v) is 8.31. The average molecular weight is 603 g/mol. The number of thiophene rings is 1. The molecule has 0 N–H and O–H groups in total. The van der Waals surface area contributed by atoms with Gasteiger partial charge in [-0.1, -0.05) is 112 Å². The Bertz CT molecular complexity index is 2380. The van der Waals surface area contributed by atoms with Crippen LogP contribution in [0.1, 0.15) is 31.9 Å². The van der Waals surface area contributed by atoms with Crippen LogP contribution in [0.25, 0.3) is 62.9 Å². The van der Waals surface area contributed by atoms with Gasteiger partial charge in [-0.3, -0.25) is 4.99 Å². The highest BCUT2D eigenvalue weighted by Gasteiger charge is 2.22. The summed E-state index contributed by atoms with van der Waals surface area (Å²) in [6, 6.07) is 43.3. The van der Waals surface area contributed by atoms with Crippen molar-refractivity contribution in [3.05, 3.63) is 132 Å². The summed E-state index contributed by atoms with van der Waals surface area (Å²) in [4.78, 5) is 10.4. The number of aromatic nitrogens is 1. The van der Waals surface area contributed by atoms with Gasteiger partial charge in [-0.15, -0.1) is 22.7 Å². The third-order valence-electron chi connectivity index (χ3n) is 8.36. The number of aliphatic imine (C=N–C) groups is 1. The Balaban J connectivity index is 1.31. The van der Waals surface area contributed by atoms with Crippen molar-refractivity contribution in [2.75, 3.05) is 0 Å². The predicted molar refractivity (Wildman–Crippen MR) is 193 cm³/mol. The Hall–Kier alpha value is -4.64. The number of para-hydroxylation sites is 1. The maximum Gasteiger partial charge on any atom is 0.126 e. The predicted octanol–water partition coefficient (Wildman–Crippen LogP) is 12.2. The molecule has 6 aromatic carbocycles. The van der Waals surface area contributed by atoms with Gasteiger partial charge < -0.3 is 0 Å². The molecular formula is C40H30N2S2. The van der Waals surface area contributed by atoms with E-state index in [0.717, 1.165) is 27.3 Å². The number of thiazole rings is 1. The minimum Gasteiger partial charge on any atom is -0.256 e. The second kappa shape index (κ2) is 10.5. The van der Waals surface area contributed by atoms with Crippen LogP contribution in [-0.2, 0) is 5.41 Å². The molecule has 44 heavy (non-hydrogen) atoms. The largest absolute Gasteiger partial charge is 0.256 e. The second-order valence-corrected chi connectivity index (χ2v) is 14.3. The molecule has 4 heteroatoms. The van der Waals surface area contributed by atoms with E-state index >= 15 is 0 Å². The highest BCUT2D eigenvalue weighted by molar-refractivity contribution is 7.26. The lowest BCUT2D eigenvalue weighted by Gasteiger charge is -2.20. The van der Waals surface area contributed by atoms with Crippen LogP contribution in [0.5, 0.6) is 0 Å². The quantitative estimate of drug-likeness (QED) is 0.184. The van der Waals surface area contributed by atoms with E-state index in [0.29, 0.717) is 0 Å². The molecule has 8 rings (SSSR count). The maximum absolute atomic E-state index is 5.36. The summed E-state index contributed by atoms with van der Waals surface area (Å²) in [7, 11) is 0. The number of benzene rings is 6. The van der Waals surface area contributed by atoms with Crippen molar-refractivity contribution in [1.29, 1.82) is 0 Å². The van der Waals surface area contributed by atoms with Crippen molar-refractivity contribution in [1.82, 2.24) is 4.98 Å². The molecule has 0 unspecified atom stereocenters. The molecule has 0 radical (unpaired) electrons. The lowest BCUT2D eigenvalue weighted by atomic mass is 9.85. The molecule has 2 nitrogen and oxygen atoms in total. The van der Waals surface area contributed by atoms with Crippen molar-refractivity contribution in [3.63, 3.8) is 0 Å². The molecule has 0 atom stereocenters. The minimum atomic E-state index is 0.00180. The number of nitrogens with zero attached hydrogens (tertiary/aromatic N) is 2. The van der Waals surface area contributed by atoms with Gasteiger partial charge in [-0.25, -0.2) is 4.98 Å². The highest BCUT2D eigenvalue weighted by atomic mass is 32.1. The molecule has 212 valence electrons. The number of fused-ring (bicyclic) bond motifs is 5. The van der Waals surface area contributed by atoms with E-state index in [1.807, 2.05) is 17.6 Å². The van der Waals surface area contributed by atoms with E-state index in [4.69, 9.17) is 9.98 Å². The SMILES string of the molecule is CC(C)(C)c1cc(-c2cccc3c2sc2ccccc23)c2nc(-c3ccccc3N=Cc3cccc4ccccc34)sc2c1. The summed E-state index contributed by atoms with van der Waals surface area (Å²) < 4.78 is 3.83. The van der Waals surface area contributed by atoms with Crippen molar-refractivity contribution >= 4 is 75.7 Å². The zero-order valence-corrected chi connectivity index (χ0v) is 26.5. The molecule has 0 bridgehead atoms. The Labute approximate surface area is 265 Å². The van der Waals surface area contributed by atoms with Gasteiger partial charge in [0.2, 0.25) is 0 Å². The van der Waals surface area contributed by atoms with Gasteiger partial charge in [0.15, 0.2) is 0 Å². The van der Waals surface area contributed by atoms with E-state index in [-0.39, 0.29) is 5.41 Å². The van der Waals surface area contributed by atoms with Crippen molar-refractivity contribution in [2.24, 2.45) is 4.99 Å². The van der Waals surface area contributed by atoms with Crippen LogP contribution >= 0.6 is 22.7 Å². The van der Waals surface area contributed by atoms with Crippen LogP contribution in [0.15, 0.2) is 126 Å². The van der Waals surface area contributed by atoms with E-state index in [9.17, 15) is 0 Å². The number of hydrogen-bond donors (Lipinski definition) is 0. The van der Waals surface area contributed by atoms with E-state index in [1.165, 1.54) is 52.3 Å². The summed E-state index contributed by atoms with van der Waals surface area (Å²) in [6.07, 6.45) is 1.99. The monoisotopic (exact) mass is 602 g/mol. The van der Waals surface area contributed by atoms with Crippen LogP contribution in [0.4, 0.5) is 5.69 Å². The molecule has 0 aliphatic carbocycles. The average Bonchev–Trinajstić information content (AvgIpc) is 3.65. The Morgan fingerprint density at radius 2 is 1.32 bits per heavy atom. The summed E-state index contributed by atoms with van der Waals surface area (Å²) in [5.74, 6) is 0. The number of rotatable bonds is 4. The third kappa shape index (κ3) is 4.62. The molecule has 2 heterocycles.